The Kier molecular flexibility index (Phi) is 4.59. The Labute approximate surface area is 130 Å². The van der Waals surface area contributed by atoms with Gasteiger partial charge in [-0.25, -0.2) is 4.39 Å². The minimum Gasteiger partial charge on any atom is -0.380 e. The maximum atomic E-state index is 13.0. The molecule has 0 aromatic heterocycles. The SMILES string of the molecule is CO[C@@H]1CN[C@H](C(=O)N2CCN(c3ccc(F)cc3)CC2)C1. The standard InChI is InChI=1S/C16H22FN3O2/c1-22-14-10-15(18-11-14)16(21)20-8-6-19(7-9-20)13-4-2-12(17)3-5-13/h2-5,14-15,18H,6-11H2,1H3/t14-,15-/m0/s1. The lowest BCUT2D eigenvalue weighted by Gasteiger charge is -2.37. The third kappa shape index (κ3) is 3.23. The molecule has 22 heavy (non-hydrogen) atoms. The van der Waals surface area contributed by atoms with Gasteiger partial charge in [0.15, 0.2) is 0 Å². The van der Waals surface area contributed by atoms with Crippen LogP contribution in [0.15, 0.2) is 24.3 Å². The molecule has 0 radical (unpaired) electrons. The van der Waals surface area contributed by atoms with Crippen LogP contribution in [-0.2, 0) is 9.53 Å². The molecule has 5 nitrogen and oxygen atoms in total. The van der Waals surface area contributed by atoms with E-state index < -0.39 is 0 Å². The Balaban J connectivity index is 1.53. The van der Waals surface area contributed by atoms with E-state index in [4.69, 9.17) is 4.74 Å². The highest BCUT2D eigenvalue weighted by Gasteiger charge is 2.33. The summed E-state index contributed by atoms with van der Waals surface area (Å²) < 4.78 is 18.3. The van der Waals surface area contributed by atoms with Gasteiger partial charge in [-0.05, 0) is 30.7 Å². The summed E-state index contributed by atoms with van der Waals surface area (Å²) in [5, 5.41) is 3.23. The monoisotopic (exact) mass is 307 g/mol. The maximum absolute atomic E-state index is 13.0. The van der Waals surface area contributed by atoms with E-state index in [1.165, 1.54) is 12.1 Å². The molecule has 1 aromatic carbocycles. The van der Waals surface area contributed by atoms with Gasteiger partial charge in [0.1, 0.15) is 5.82 Å². The van der Waals surface area contributed by atoms with E-state index in [-0.39, 0.29) is 23.9 Å². The quantitative estimate of drug-likeness (QED) is 0.899. The third-order valence-corrected chi connectivity index (χ3v) is 4.51. The summed E-state index contributed by atoms with van der Waals surface area (Å²) in [6.07, 6.45) is 0.877. The summed E-state index contributed by atoms with van der Waals surface area (Å²) in [4.78, 5) is 16.6. The van der Waals surface area contributed by atoms with Crippen LogP contribution in [0.5, 0.6) is 0 Å². The van der Waals surface area contributed by atoms with Gasteiger partial charge in [-0.3, -0.25) is 4.79 Å². The zero-order valence-electron chi connectivity index (χ0n) is 12.8. The van der Waals surface area contributed by atoms with Crippen LogP contribution < -0.4 is 10.2 Å². The minimum atomic E-state index is -0.224. The van der Waals surface area contributed by atoms with Crippen molar-refractivity contribution in [2.75, 3.05) is 44.7 Å². The highest BCUT2D eigenvalue weighted by molar-refractivity contribution is 5.82. The fourth-order valence-electron chi connectivity index (χ4n) is 3.13. The van der Waals surface area contributed by atoms with Gasteiger partial charge in [0.2, 0.25) is 5.91 Å². The molecule has 2 fully saturated rings. The first-order chi connectivity index (χ1) is 10.7. The van der Waals surface area contributed by atoms with Gasteiger partial charge < -0.3 is 19.9 Å². The Bertz CT molecular complexity index is 515. The average molecular weight is 307 g/mol. The van der Waals surface area contributed by atoms with Crippen molar-refractivity contribution in [3.63, 3.8) is 0 Å². The zero-order valence-corrected chi connectivity index (χ0v) is 12.8. The second-order valence-corrected chi connectivity index (χ2v) is 5.84. The number of carbonyl (C=O) groups is 1. The first kappa shape index (κ1) is 15.2. The van der Waals surface area contributed by atoms with Gasteiger partial charge >= 0.3 is 0 Å². The summed E-state index contributed by atoms with van der Waals surface area (Å²) in [6, 6.07) is 6.39. The van der Waals surface area contributed by atoms with Gasteiger partial charge in [0, 0.05) is 45.5 Å². The van der Waals surface area contributed by atoms with Crippen LogP contribution in [-0.4, -0.2) is 62.8 Å². The fraction of sp³-hybridized carbons (Fsp3) is 0.562. The number of hydrogen-bond acceptors (Lipinski definition) is 4. The Hall–Kier alpha value is -1.66. The maximum Gasteiger partial charge on any atom is 0.239 e. The number of rotatable bonds is 3. The van der Waals surface area contributed by atoms with Crippen LogP contribution in [0.4, 0.5) is 10.1 Å². The fourth-order valence-corrected chi connectivity index (χ4v) is 3.13. The second-order valence-electron chi connectivity index (χ2n) is 5.84. The van der Waals surface area contributed by atoms with Crippen molar-refractivity contribution in [2.24, 2.45) is 0 Å². The van der Waals surface area contributed by atoms with Crippen LogP contribution in [0.2, 0.25) is 0 Å². The second kappa shape index (κ2) is 6.62. The molecule has 120 valence electrons. The molecule has 2 aliphatic rings. The van der Waals surface area contributed by atoms with Crippen molar-refractivity contribution in [3.8, 4) is 0 Å². The van der Waals surface area contributed by atoms with E-state index >= 15 is 0 Å². The average Bonchev–Trinajstić information content (AvgIpc) is 3.04. The van der Waals surface area contributed by atoms with Gasteiger partial charge in [-0.15, -0.1) is 0 Å². The van der Waals surface area contributed by atoms with E-state index in [9.17, 15) is 9.18 Å². The molecule has 3 rings (SSSR count). The molecule has 0 aliphatic carbocycles. The molecular formula is C16H22FN3O2. The topological polar surface area (TPSA) is 44.8 Å². The lowest BCUT2D eigenvalue weighted by Crippen LogP contribution is -2.53. The summed E-state index contributed by atoms with van der Waals surface area (Å²) in [6.45, 7) is 3.69. The van der Waals surface area contributed by atoms with Crippen molar-refractivity contribution in [2.45, 2.75) is 18.6 Å². The highest BCUT2D eigenvalue weighted by Crippen LogP contribution is 2.18. The number of methoxy groups -OCH3 is 1. The van der Waals surface area contributed by atoms with Crippen LogP contribution in [0.3, 0.4) is 0 Å². The predicted octanol–water partition coefficient (Wildman–Crippen LogP) is 0.851. The first-order valence-corrected chi connectivity index (χ1v) is 7.73. The van der Waals surface area contributed by atoms with Crippen molar-refractivity contribution < 1.29 is 13.9 Å². The van der Waals surface area contributed by atoms with Crippen LogP contribution in [0.1, 0.15) is 6.42 Å². The Morgan fingerprint density at radius 2 is 1.91 bits per heavy atom. The summed E-state index contributed by atoms with van der Waals surface area (Å²) in [5.74, 6) is -0.0594. The van der Waals surface area contributed by atoms with E-state index in [1.807, 2.05) is 4.90 Å². The smallest absolute Gasteiger partial charge is 0.239 e. The molecular weight excluding hydrogens is 285 g/mol. The van der Waals surface area contributed by atoms with Gasteiger partial charge in [-0.2, -0.15) is 0 Å². The lowest BCUT2D eigenvalue weighted by molar-refractivity contribution is -0.133. The molecule has 2 saturated heterocycles. The minimum absolute atomic E-state index is 0.123. The number of benzene rings is 1. The number of anilines is 1. The molecule has 6 heteroatoms. The number of nitrogens with zero attached hydrogens (tertiary/aromatic N) is 2. The Morgan fingerprint density at radius 3 is 2.50 bits per heavy atom. The van der Waals surface area contributed by atoms with Gasteiger partial charge in [-0.1, -0.05) is 0 Å². The molecule has 1 aromatic rings. The van der Waals surface area contributed by atoms with Crippen molar-refractivity contribution in [1.29, 1.82) is 0 Å². The number of ether oxygens (including phenoxy) is 1. The molecule has 1 N–H and O–H groups in total. The highest BCUT2D eigenvalue weighted by atomic mass is 19.1. The summed E-state index contributed by atoms with van der Waals surface area (Å²) in [5.41, 5.74) is 1.01. The molecule has 0 saturated carbocycles. The number of halogens is 1. The normalized spacial score (nSPS) is 25.5. The van der Waals surface area contributed by atoms with E-state index in [0.717, 1.165) is 31.7 Å². The molecule has 2 atom stereocenters. The van der Waals surface area contributed by atoms with Crippen molar-refractivity contribution in [3.05, 3.63) is 30.1 Å². The van der Waals surface area contributed by atoms with E-state index in [1.54, 1.807) is 19.2 Å². The molecule has 0 unspecified atom stereocenters. The number of amides is 1. The Morgan fingerprint density at radius 1 is 1.23 bits per heavy atom. The van der Waals surface area contributed by atoms with Crippen LogP contribution in [0, 0.1) is 5.82 Å². The van der Waals surface area contributed by atoms with Crippen molar-refractivity contribution >= 4 is 11.6 Å². The predicted molar refractivity (Wildman–Crippen MR) is 82.4 cm³/mol. The number of nitrogens with one attached hydrogen (secondary N) is 1. The van der Waals surface area contributed by atoms with Crippen LogP contribution in [0.25, 0.3) is 0 Å². The summed E-state index contributed by atoms with van der Waals surface area (Å²) >= 11 is 0. The molecule has 0 bridgehead atoms. The first-order valence-electron chi connectivity index (χ1n) is 7.73. The molecule has 2 aliphatic heterocycles. The summed E-state index contributed by atoms with van der Waals surface area (Å²) in [7, 11) is 1.68. The number of hydrogen-bond donors (Lipinski definition) is 1. The largest absolute Gasteiger partial charge is 0.380 e. The lowest BCUT2D eigenvalue weighted by atomic mass is 10.1. The third-order valence-electron chi connectivity index (χ3n) is 4.51. The van der Waals surface area contributed by atoms with E-state index in [2.05, 4.69) is 10.2 Å². The van der Waals surface area contributed by atoms with Crippen LogP contribution >= 0.6 is 0 Å². The van der Waals surface area contributed by atoms with Gasteiger partial charge in [0.25, 0.3) is 0 Å². The van der Waals surface area contributed by atoms with Gasteiger partial charge in [0.05, 0.1) is 12.1 Å². The molecule has 1 amide bonds. The van der Waals surface area contributed by atoms with E-state index in [0.29, 0.717) is 13.1 Å². The molecule has 2 heterocycles. The number of carbonyl (C=O) groups excluding carboxylic acids is 1. The van der Waals surface area contributed by atoms with Crippen molar-refractivity contribution in [1.82, 2.24) is 10.2 Å². The zero-order chi connectivity index (χ0) is 15.5. The molecule has 0 spiro atoms. The number of piperazine rings is 1.